The fourth-order valence-electron chi connectivity index (χ4n) is 0.885. The van der Waals surface area contributed by atoms with Gasteiger partial charge >= 0.3 is 0 Å². The fourth-order valence-corrected chi connectivity index (χ4v) is 2.54. The molecule has 0 saturated carbocycles. The van der Waals surface area contributed by atoms with Gasteiger partial charge in [0.2, 0.25) is 0 Å². The number of H-pyrrole nitrogens is 1. The molecule has 0 unspecified atom stereocenters. The molecule has 0 bridgehead atoms. The lowest BCUT2D eigenvalue weighted by Crippen LogP contribution is -1.93. The van der Waals surface area contributed by atoms with E-state index in [2.05, 4.69) is 4.98 Å². The first-order valence-corrected chi connectivity index (χ1v) is 6.04. The monoisotopic (exact) mass is 195 g/mol. The summed E-state index contributed by atoms with van der Waals surface area (Å²) < 4.78 is 0. The van der Waals surface area contributed by atoms with Crippen molar-refractivity contribution in [2.75, 3.05) is 0 Å². The van der Waals surface area contributed by atoms with E-state index in [0.717, 1.165) is 16.7 Å². The quantitative estimate of drug-likeness (QED) is 0.664. The van der Waals surface area contributed by atoms with Gasteiger partial charge in [0.15, 0.2) is 0 Å². The number of halogens is 2. The van der Waals surface area contributed by atoms with Crippen LogP contribution in [0.2, 0.25) is 0 Å². The van der Waals surface area contributed by atoms with Crippen LogP contribution >= 0.6 is 29.1 Å². The molecule has 4 heteroatoms. The van der Waals surface area contributed by atoms with Gasteiger partial charge in [0.25, 0.3) is 0 Å². The van der Waals surface area contributed by atoms with Crippen LogP contribution in [0.3, 0.4) is 0 Å². The summed E-state index contributed by atoms with van der Waals surface area (Å²) in [5, 5.41) is 1.04. The molecule has 0 aliphatic rings. The molecule has 1 N–H and O–H groups in total. The van der Waals surface area contributed by atoms with Gasteiger partial charge < -0.3 is 4.98 Å². The van der Waals surface area contributed by atoms with Crippen LogP contribution < -0.4 is 5.30 Å². The first-order chi connectivity index (χ1) is 4.61. The van der Waals surface area contributed by atoms with Crippen molar-refractivity contribution in [2.45, 2.75) is 13.8 Å². The molecule has 0 aromatic carbocycles. The molecule has 0 spiro atoms. The normalized spacial score (nSPS) is 10.9. The molecule has 1 rings (SSSR count). The van der Waals surface area contributed by atoms with Gasteiger partial charge in [-0.05, 0) is 19.9 Å². The molecule has 0 aliphatic carbocycles. The highest BCUT2D eigenvalue weighted by molar-refractivity contribution is 8.08. The van der Waals surface area contributed by atoms with Crippen molar-refractivity contribution in [1.82, 2.24) is 4.98 Å². The van der Waals surface area contributed by atoms with E-state index >= 15 is 0 Å². The van der Waals surface area contributed by atoms with Crippen molar-refractivity contribution in [2.24, 2.45) is 0 Å². The summed E-state index contributed by atoms with van der Waals surface area (Å²) in [6.45, 7) is 2.98. The Kier molecular flexibility index (Phi) is 2.62. The Balaban J connectivity index is 3.03. The molecule has 56 valence electrons. The van der Waals surface area contributed by atoms with Crippen LogP contribution in [-0.2, 0) is 0 Å². The van der Waals surface area contributed by atoms with Gasteiger partial charge in [0.1, 0.15) is 6.63 Å². The summed E-state index contributed by atoms with van der Waals surface area (Å²) in [5.74, 6) is 0. The minimum absolute atomic E-state index is 0.982. The Labute approximate surface area is 71.1 Å². The van der Waals surface area contributed by atoms with Gasteiger partial charge in [-0.3, -0.25) is 0 Å². The molecule has 10 heavy (non-hydrogen) atoms. The molecule has 0 atom stereocenters. The first-order valence-electron chi connectivity index (χ1n) is 2.89. The van der Waals surface area contributed by atoms with Gasteiger partial charge in [-0.25, -0.2) is 0 Å². The van der Waals surface area contributed by atoms with Crippen LogP contribution in [0.25, 0.3) is 0 Å². The van der Waals surface area contributed by atoms with E-state index in [1.54, 1.807) is 0 Å². The minimum atomic E-state index is -0.982. The lowest BCUT2D eigenvalue weighted by molar-refractivity contribution is 1.19. The highest BCUT2D eigenvalue weighted by atomic mass is 35.9. The summed E-state index contributed by atoms with van der Waals surface area (Å²) in [6.07, 6.45) is 0. The van der Waals surface area contributed by atoms with Crippen LogP contribution in [0.4, 0.5) is 0 Å². The van der Waals surface area contributed by atoms with Gasteiger partial charge in [-0.1, -0.05) is 22.5 Å². The maximum atomic E-state index is 5.73. The van der Waals surface area contributed by atoms with Crippen LogP contribution in [0, 0.1) is 13.8 Å². The summed E-state index contributed by atoms with van der Waals surface area (Å²) >= 11 is 11.5. The molecule has 0 saturated heterocycles. The Morgan fingerprint density at radius 3 is 2.20 bits per heavy atom. The minimum Gasteiger partial charge on any atom is -0.362 e. The molecule has 1 heterocycles. The first kappa shape index (κ1) is 8.39. The zero-order valence-electron chi connectivity index (χ0n) is 5.78. The zero-order valence-corrected chi connectivity index (χ0v) is 8.19. The molecule has 0 fully saturated rings. The number of rotatable bonds is 1. The highest BCUT2D eigenvalue weighted by Gasteiger charge is 2.08. The highest BCUT2D eigenvalue weighted by Crippen LogP contribution is 2.46. The molecule has 1 aromatic rings. The topological polar surface area (TPSA) is 15.8 Å². The van der Waals surface area contributed by atoms with Crippen molar-refractivity contribution >= 4 is 34.4 Å². The van der Waals surface area contributed by atoms with Gasteiger partial charge in [0, 0.05) is 16.7 Å². The number of aromatic amines is 1. The van der Waals surface area contributed by atoms with E-state index in [0.29, 0.717) is 0 Å². The molecular weight excluding hydrogens is 188 g/mol. The predicted molar refractivity (Wildman–Crippen MR) is 48.5 cm³/mol. The number of hydrogen-bond acceptors (Lipinski definition) is 0. The number of aromatic nitrogens is 1. The summed E-state index contributed by atoms with van der Waals surface area (Å²) in [4.78, 5) is 3.14. The van der Waals surface area contributed by atoms with E-state index in [1.807, 2.05) is 19.9 Å². The van der Waals surface area contributed by atoms with E-state index in [4.69, 9.17) is 22.5 Å². The second kappa shape index (κ2) is 3.13. The van der Waals surface area contributed by atoms with Crippen LogP contribution in [-0.4, -0.2) is 4.98 Å². The number of hydrogen-bond donors (Lipinski definition) is 1. The van der Waals surface area contributed by atoms with Gasteiger partial charge in [0.05, 0.1) is 0 Å². The average Bonchev–Trinajstić information content (AvgIpc) is 2.10. The lowest BCUT2D eigenvalue weighted by Gasteiger charge is -1.95. The largest absolute Gasteiger partial charge is 0.362 e. The predicted octanol–water partition coefficient (Wildman–Crippen LogP) is 3.05. The standard InChI is InChI=1S/C6H8Cl2NP/c1-4-3-6(10(7)8)5(2)9-4/h3,9H,1-2H3. The van der Waals surface area contributed by atoms with Crippen molar-refractivity contribution in [3.05, 3.63) is 17.5 Å². The number of aryl methyl sites for hydroxylation is 2. The second-order valence-electron chi connectivity index (χ2n) is 2.20. The van der Waals surface area contributed by atoms with Gasteiger partial charge in [-0.15, -0.1) is 0 Å². The number of nitrogens with one attached hydrogen (secondary N) is 1. The SMILES string of the molecule is Cc1cc(P(Cl)Cl)c(C)[nH]1. The van der Waals surface area contributed by atoms with Crippen molar-refractivity contribution in [3.8, 4) is 0 Å². The molecule has 1 aromatic heterocycles. The van der Waals surface area contributed by atoms with Crippen molar-refractivity contribution < 1.29 is 0 Å². The van der Waals surface area contributed by atoms with Crippen molar-refractivity contribution in [1.29, 1.82) is 0 Å². The molecule has 0 aliphatic heterocycles. The molecule has 1 nitrogen and oxygen atoms in total. The molecule has 0 radical (unpaired) electrons. The van der Waals surface area contributed by atoms with E-state index in [9.17, 15) is 0 Å². The van der Waals surface area contributed by atoms with E-state index < -0.39 is 6.63 Å². The average molecular weight is 196 g/mol. The second-order valence-corrected chi connectivity index (χ2v) is 5.69. The fraction of sp³-hybridized carbons (Fsp3) is 0.333. The third kappa shape index (κ3) is 1.66. The maximum Gasteiger partial charge on any atom is 0.118 e. The summed E-state index contributed by atoms with van der Waals surface area (Å²) in [7, 11) is 0. The Morgan fingerprint density at radius 1 is 1.40 bits per heavy atom. The maximum absolute atomic E-state index is 5.73. The summed E-state index contributed by atoms with van der Waals surface area (Å²) in [5.41, 5.74) is 2.19. The zero-order chi connectivity index (χ0) is 7.72. The van der Waals surface area contributed by atoms with E-state index in [1.165, 1.54) is 0 Å². The van der Waals surface area contributed by atoms with Crippen molar-refractivity contribution in [3.63, 3.8) is 0 Å². The Bertz CT molecular complexity index is 232. The lowest BCUT2D eigenvalue weighted by atomic mass is 10.4. The third-order valence-electron chi connectivity index (χ3n) is 1.30. The Hall–Kier alpha value is 0.290. The smallest absolute Gasteiger partial charge is 0.118 e. The molecule has 0 amide bonds. The van der Waals surface area contributed by atoms with Crippen LogP contribution in [0.5, 0.6) is 0 Å². The summed E-state index contributed by atoms with van der Waals surface area (Å²) in [6, 6.07) is 1.99. The molecular formula is C6H8Cl2NP. The van der Waals surface area contributed by atoms with Gasteiger partial charge in [-0.2, -0.15) is 0 Å². The third-order valence-corrected chi connectivity index (χ3v) is 3.23. The van der Waals surface area contributed by atoms with E-state index in [-0.39, 0.29) is 0 Å². The van der Waals surface area contributed by atoms with Crippen LogP contribution in [0.15, 0.2) is 6.07 Å². The Morgan fingerprint density at radius 2 is 2.00 bits per heavy atom. The van der Waals surface area contributed by atoms with Crippen LogP contribution in [0.1, 0.15) is 11.4 Å².